The van der Waals surface area contributed by atoms with Gasteiger partial charge in [-0.25, -0.2) is 8.42 Å². The molecule has 14 heavy (non-hydrogen) atoms. The van der Waals surface area contributed by atoms with E-state index in [9.17, 15) is 8.42 Å². The van der Waals surface area contributed by atoms with Gasteiger partial charge in [0.15, 0.2) is 0 Å². The highest BCUT2D eigenvalue weighted by Crippen LogP contribution is 2.11. The first-order valence-corrected chi connectivity index (χ1v) is 7.17. The summed E-state index contributed by atoms with van der Waals surface area (Å²) in [6.45, 7) is 1.92. The third kappa shape index (κ3) is 5.80. The molecule has 0 aromatic carbocycles. The molecule has 0 saturated carbocycles. The van der Waals surface area contributed by atoms with Crippen molar-refractivity contribution < 1.29 is 17.9 Å². The maximum atomic E-state index is 10.6. The third-order valence-corrected chi connectivity index (χ3v) is 3.29. The van der Waals surface area contributed by atoms with E-state index in [0.29, 0.717) is 13.0 Å². The van der Waals surface area contributed by atoms with Crippen LogP contribution in [-0.2, 0) is 18.5 Å². The van der Waals surface area contributed by atoms with Crippen LogP contribution in [0.5, 0.6) is 0 Å². The van der Waals surface area contributed by atoms with E-state index >= 15 is 0 Å². The molecule has 0 aliphatic carbocycles. The topological polar surface area (TPSA) is 52.6 Å². The molecule has 1 rings (SSSR count). The molecule has 0 unspecified atom stereocenters. The molecule has 1 aliphatic heterocycles. The normalized spacial score (nSPS) is 19.8. The summed E-state index contributed by atoms with van der Waals surface area (Å²) in [5.41, 5.74) is 0. The van der Waals surface area contributed by atoms with E-state index in [1.54, 1.807) is 0 Å². The summed E-state index contributed by atoms with van der Waals surface area (Å²) >= 11 is 0. The number of halogens is 1. The summed E-state index contributed by atoms with van der Waals surface area (Å²) in [6.07, 6.45) is 2.48. The van der Waals surface area contributed by atoms with Gasteiger partial charge in [-0.15, -0.1) is 0 Å². The molecule has 1 saturated heterocycles. The first-order valence-electron chi connectivity index (χ1n) is 4.69. The fraction of sp³-hybridized carbons (Fsp3) is 1.00. The maximum Gasteiger partial charge on any atom is 0.232 e. The van der Waals surface area contributed by atoms with Crippen LogP contribution >= 0.6 is 10.7 Å². The summed E-state index contributed by atoms with van der Waals surface area (Å²) in [5.74, 6) is -0.0161. The van der Waals surface area contributed by atoms with Crippen LogP contribution in [0.2, 0.25) is 0 Å². The maximum absolute atomic E-state index is 10.6. The Morgan fingerprint density at radius 3 is 2.57 bits per heavy atom. The molecule has 1 aliphatic rings. The van der Waals surface area contributed by atoms with E-state index in [1.807, 2.05) is 0 Å². The lowest BCUT2D eigenvalue weighted by Gasteiger charge is -2.22. The fourth-order valence-corrected chi connectivity index (χ4v) is 2.11. The van der Waals surface area contributed by atoms with Crippen LogP contribution in [0.1, 0.15) is 19.3 Å². The second-order valence-corrected chi connectivity index (χ2v) is 6.18. The number of hydrogen-bond acceptors (Lipinski definition) is 4. The first kappa shape index (κ1) is 12.2. The Hall–Kier alpha value is 0.160. The molecular formula is C8H15ClO4S. The molecule has 0 bridgehead atoms. The van der Waals surface area contributed by atoms with Crippen molar-refractivity contribution >= 4 is 19.7 Å². The van der Waals surface area contributed by atoms with E-state index in [-0.39, 0.29) is 11.9 Å². The third-order valence-electron chi connectivity index (χ3n) is 2.05. The average Bonchev–Trinajstić information content (AvgIpc) is 2.13. The molecule has 0 aromatic heterocycles. The predicted octanol–water partition coefficient (Wildman–Crippen LogP) is 1.14. The molecule has 0 amide bonds. The van der Waals surface area contributed by atoms with Crippen LogP contribution in [0.25, 0.3) is 0 Å². The van der Waals surface area contributed by atoms with Crippen molar-refractivity contribution in [3.63, 3.8) is 0 Å². The van der Waals surface area contributed by atoms with E-state index in [4.69, 9.17) is 20.2 Å². The zero-order valence-corrected chi connectivity index (χ0v) is 9.52. The van der Waals surface area contributed by atoms with Gasteiger partial charge in [-0.3, -0.25) is 0 Å². The van der Waals surface area contributed by atoms with Crippen LogP contribution in [0.3, 0.4) is 0 Å². The second-order valence-electron chi connectivity index (χ2n) is 3.28. The van der Waals surface area contributed by atoms with Crippen molar-refractivity contribution in [2.75, 3.05) is 25.6 Å². The Bertz CT molecular complexity index is 246. The minimum Gasteiger partial charge on any atom is -0.381 e. The molecule has 0 radical (unpaired) electrons. The van der Waals surface area contributed by atoms with Crippen LogP contribution in [0.4, 0.5) is 0 Å². The Morgan fingerprint density at radius 2 is 2.00 bits per heavy atom. The van der Waals surface area contributed by atoms with Crippen molar-refractivity contribution in [3.8, 4) is 0 Å². The van der Waals surface area contributed by atoms with Crippen LogP contribution in [0.15, 0.2) is 0 Å². The van der Waals surface area contributed by atoms with Crippen molar-refractivity contribution in [2.24, 2.45) is 0 Å². The lowest BCUT2D eigenvalue weighted by Crippen LogP contribution is -2.24. The summed E-state index contributed by atoms with van der Waals surface area (Å²) in [4.78, 5) is 0. The molecule has 0 aromatic rings. The van der Waals surface area contributed by atoms with Crippen LogP contribution in [-0.4, -0.2) is 40.1 Å². The van der Waals surface area contributed by atoms with Gasteiger partial charge in [-0.05, 0) is 19.3 Å². The molecule has 0 N–H and O–H groups in total. The fourth-order valence-electron chi connectivity index (χ4n) is 1.32. The largest absolute Gasteiger partial charge is 0.381 e. The lowest BCUT2D eigenvalue weighted by atomic mass is 10.1. The molecule has 84 valence electrons. The van der Waals surface area contributed by atoms with Gasteiger partial charge in [0.05, 0.1) is 11.9 Å². The van der Waals surface area contributed by atoms with Gasteiger partial charge in [0.25, 0.3) is 0 Å². The van der Waals surface area contributed by atoms with Crippen LogP contribution in [0, 0.1) is 0 Å². The van der Waals surface area contributed by atoms with Crippen molar-refractivity contribution in [1.82, 2.24) is 0 Å². The standard InChI is InChI=1S/C8H15ClO4S/c9-14(10,11)7-1-4-13-8-2-5-12-6-3-8/h8H,1-7H2. The Morgan fingerprint density at radius 1 is 1.36 bits per heavy atom. The average molecular weight is 243 g/mol. The monoisotopic (exact) mass is 242 g/mol. The highest BCUT2D eigenvalue weighted by atomic mass is 35.7. The van der Waals surface area contributed by atoms with Crippen molar-refractivity contribution in [2.45, 2.75) is 25.4 Å². The van der Waals surface area contributed by atoms with E-state index in [2.05, 4.69) is 0 Å². The minimum atomic E-state index is -3.36. The van der Waals surface area contributed by atoms with Crippen molar-refractivity contribution in [1.29, 1.82) is 0 Å². The first-order chi connectivity index (χ1) is 6.58. The molecule has 6 heteroatoms. The predicted molar refractivity (Wildman–Crippen MR) is 54.0 cm³/mol. The Labute approximate surface area is 88.9 Å². The van der Waals surface area contributed by atoms with Gasteiger partial charge < -0.3 is 9.47 Å². The SMILES string of the molecule is O=S(=O)(Cl)CCCOC1CCOCC1. The minimum absolute atomic E-state index is 0.0161. The van der Waals surface area contributed by atoms with E-state index < -0.39 is 9.05 Å². The van der Waals surface area contributed by atoms with Gasteiger partial charge in [0.2, 0.25) is 9.05 Å². The summed E-state index contributed by atoms with van der Waals surface area (Å²) in [5, 5.41) is 0. The van der Waals surface area contributed by atoms with Gasteiger partial charge in [0.1, 0.15) is 0 Å². The highest BCUT2D eigenvalue weighted by molar-refractivity contribution is 8.13. The molecule has 4 nitrogen and oxygen atoms in total. The van der Waals surface area contributed by atoms with E-state index in [1.165, 1.54) is 0 Å². The molecule has 1 fully saturated rings. The molecule has 0 atom stereocenters. The smallest absolute Gasteiger partial charge is 0.232 e. The number of hydrogen-bond donors (Lipinski definition) is 0. The molecular weight excluding hydrogens is 228 g/mol. The number of ether oxygens (including phenoxy) is 2. The lowest BCUT2D eigenvalue weighted by molar-refractivity contribution is -0.0313. The molecule has 0 spiro atoms. The molecule has 1 heterocycles. The van der Waals surface area contributed by atoms with Gasteiger partial charge in [0, 0.05) is 30.5 Å². The van der Waals surface area contributed by atoms with Gasteiger partial charge in [-0.2, -0.15) is 0 Å². The van der Waals surface area contributed by atoms with Gasteiger partial charge in [-0.1, -0.05) is 0 Å². The summed E-state index contributed by atoms with van der Waals surface area (Å²) in [7, 11) is 1.69. The second kappa shape index (κ2) is 5.90. The van der Waals surface area contributed by atoms with E-state index in [0.717, 1.165) is 26.1 Å². The summed E-state index contributed by atoms with van der Waals surface area (Å²) in [6, 6.07) is 0. The Kier molecular flexibility index (Phi) is 5.15. The zero-order valence-electron chi connectivity index (χ0n) is 7.95. The zero-order chi connectivity index (χ0) is 10.4. The van der Waals surface area contributed by atoms with Crippen LogP contribution < -0.4 is 0 Å². The summed E-state index contributed by atoms with van der Waals surface area (Å²) < 4.78 is 31.8. The Balaban J connectivity index is 2.03. The number of rotatable bonds is 5. The van der Waals surface area contributed by atoms with Gasteiger partial charge >= 0.3 is 0 Å². The van der Waals surface area contributed by atoms with Crippen molar-refractivity contribution in [3.05, 3.63) is 0 Å². The quantitative estimate of drug-likeness (QED) is 0.536. The highest BCUT2D eigenvalue weighted by Gasteiger charge is 2.14.